The van der Waals surface area contributed by atoms with Crippen molar-refractivity contribution in [2.75, 3.05) is 30.3 Å². The number of halogens is 1. The molecule has 0 fully saturated rings. The van der Waals surface area contributed by atoms with Gasteiger partial charge < -0.3 is 14.5 Å². The van der Waals surface area contributed by atoms with E-state index >= 15 is 0 Å². The zero-order valence-electron chi connectivity index (χ0n) is 18.3. The highest BCUT2D eigenvalue weighted by Gasteiger charge is 2.29. The third-order valence-electron chi connectivity index (χ3n) is 4.70. The predicted octanol–water partition coefficient (Wildman–Crippen LogP) is 4.49. The number of sulfonamides is 1. The Hall–Kier alpha value is -2.62. The second kappa shape index (κ2) is 11.5. The maximum absolute atomic E-state index is 13.5. The number of amides is 1. The van der Waals surface area contributed by atoms with Gasteiger partial charge in [-0.15, -0.1) is 0 Å². The standard InChI is InChI=1S/C23H25ClN2O5S2/c1-17-5-8-20(9-6-17)33(28,29)26(21-14-18(24)7-10-22(21)30-2)15-23(27)25-11-13-32-16-19-4-3-12-31-19/h3-10,12,14H,11,13,15-16H2,1-2H3,(H,25,27). The van der Waals surface area contributed by atoms with E-state index in [1.165, 1.54) is 25.3 Å². The normalized spacial score (nSPS) is 11.2. The molecule has 0 aliphatic carbocycles. The van der Waals surface area contributed by atoms with E-state index in [0.29, 0.717) is 23.1 Å². The lowest BCUT2D eigenvalue weighted by molar-refractivity contribution is -0.119. The number of nitrogens with one attached hydrogen (secondary N) is 1. The smallest absolute Gasteiger partial charge is 0.264 e. The van der Waals surface area contributed by atoms with Crippen LogP contribution in [0.25, 0.3) is 0 Å². The maximum atomic E-state index is 13.5. The number of rotatable bonds is 11. The lowest BCUT2D eigenvalue weighted by Gasteiger charge is -2.26. The number of thioether (sulfide) groups is 1. The first-order valence-corrected chi connectivity index (χ1v) is 13.1. The summed E-state index contributed by atoms with van der Waals surface area (Å²) in [5.74, 6) is 2.05. The van der Waals surface area contributed by atoms with Gasteiger partial charge in [-0.3, -0.25) is 9.10 Å². The molecule has 0 saturated carbocycles. The van der Waals surface area contributed by atoms with Crippen molar-refractivity contribution in [3.05, 3.63) is 77.2 Å². The van der Waals surface area contributed by atoms with Crippen LogP contribution in [-0.2, 0) is 20.6 Å². The van der Waals surface area contributed by atoms with E-state index < -0.39 is 22.5 Å². The molecule has 0 radical (unpaired) electrons. The van der Waals surface area contributed by atoms with E-state index in [1.807, 2.05) is 19.1 Å². The van der Waals surface area contributed by atoms with Crippen molar-refractivity contribution >= 4 is 45.0 Å². The van der Waals surface area contributed by atoms with Crippen molar-refractivity contribution in [3.8, 4) is 5.75 Å². The largest absolute Gasteiger partial charge is 0.495 e. The molecule has 0 atom stereocenters. The van der Waals surface area contributed by atoms with Gasteiger partial charge in [0.15, 0.2) is 0 Å². The molecule has 7 nitrogen and oxygen atoms in total. The fourth-order valence-corrected chi connectivity index (χ4v) is 5.36. The summed E-state index contributed by atoms with van der Waals surface area (Å²) in [6.07, 6.45) is 1.62. The summed E-state index contributed by atoms with van der Waals surface area (Å²) in [5, 5.41) is 3.10. The molecule has 10 heteroatoms. The van der Waals surface area contributed by atoms with Crippen LogP contribution in [0.1, 0.15) is 11.3 Å². The second-order valence-electron chi connectivity index (χ2n) is 7.12. The number of nitrogens with zero attached hydrogens (tertiary/aromatic N) is 1. The number of aryl methyl sites for hydroxylation is 1. The van der Waals surface area contributed by atoms with Gasteiger partial charge in [0.1, 0.15) is 18.1 Å². The van der Waals surface area contributed by atoms with E-state index in [9.17, 15) is 13.2 Å². The van der Waals surface area contributed by atoms with Gasteiger partial charge in [-0.1, -0.05) is 29.3 Å². The Labute approximate surface area is 203 Å². The molecular formula is C23H25ClN2O5S2. The van der Waals surface area contributed by atoms with Gasteiger partial charge >= 0.3 is 0 Å². The Morgan fingerprint density at radius 3 is 2.61 bits per heavy atom. The van der Waals surface area contributed by atoms with Crippen molar-refractivity contribution in [2.24, 2.45) is 0 Å². The second-order valence-corrected chi connectivity index (χ2v) is 10.5. The quantitative estimate of drug-likeness (QED) is 0.384. The Balaban J connectivity index is 1.76. The molecule has 1 aromatic heterocycles. The third kappa shape index (κ3) is 6.69. The number of hydrogen-bond donors (Lipinski definition) is 1. The lowest BCUT2D eigenvalue weighted by Crippen LogP contribution is -2.41. The number of ether oxygens (including phenoxy) is 1. The zero-order chi connectivity index (χ0) is 23.8. The van der Waals surface area contributed by atoms with Crippen LogP contribution in [0.15, 0.2) is 70.2 Å². The Morgan fingerprint density at radius 2 is 1.94 bits per heavy atom. The van der Waals surface area contributed by atoms with Crippen LogP contribution in [0.2, 0.25) is 5.02 Å². The van der Waals surface area contributed by atoms with Gasteiger partial charge in [0.05, 0.1) is 29.7 Å². The number of benzene rings is 2. The highest BCUT2D eigenvalue weighted by Crippen LogP contribution is 2.34. The summed E-state index contributed by atoms with van der Waals surface area (Å²) >= 11 is 7.75. The van der Waals surface area contributed by atoms with Gasteiger partial charge in [0.25, 0.3) is 10.0 Å². The third-order valence-corrected chi connectivity index (χ3v) is 7.69. The molecule has 0 aliphatic heterocycles. The van der Waals surface area contributed by atoms with Crippen molar-refractivity contribution < 1.29 is 22.4 Å². The number of furan rings is 1. The molecule has 0 spiro atoms. The topological polar surface area (TPSA) is 88.8 Å². The number of methoxy groups -OCH3 is 1. The van der Waals surface area contributed by atoms with Gasteiger partial charge in [0.2, 0.25) is 5.91 Å². The van der Waals surface area contributed by atoms with Crippen LogP contribution >= 0.6 is 23.4 Å². The van der Waals surface area contributed by atoms with Crippen molar-refractivity contribution in [2.45, 2.75) is 17.6 Å². The van der Waals surface area contributed by atoms with E-state index in [0.717, 1.165) is 15.6 Å². The fraction of sp³-hybridized carbons (Fsp3) is 0.261. The molecule has 1 N–H and O–H groups in total. The first-order valence-electron chi connectivity index (χ1n) is 10.1. The minimum absolute atomic E-state index is 0.0666. The van der Waals surface area contributed by atoms with Crippen molar-refractivity contribution in [1.82, 2.24) is 5.32 Å². The Morgan fingerprint density at radius 1 is 1.18 bits per heavy atom. The number of hydrogen-bond acceptors (Lipinski definition) is 6. The van der Waals surface area contributed by atoms with E-state index in [4.69, 9.17) is 20.8 Å². The predicted molar refractivity (Wildman–Crippen MR) is 132 cm³/mol. The van der Waals surface area contributed by atoms with E-state index in [1.54, 1.807) is 42.3 Å². The SMILES string of the molecule is COc1ccc(Cl)cc1N(CC(=O)NCCSCc1ccco1)S(=O)(=O)c1ccc(C)cc1. The molecule has 1 amide bonds. The minimum atomic E-state index is -4.06. The summed E-state index contributed by atoms with van der Waals surface area (Å²) in [7, 11) is -2.63. The van der Waals surface area contributed by atoms with Crippen LogP contribution in [0.3, 0.4) is 0 Å². The monoisotopic (exact) mass is 508 g/mol. The van der Waals surface area contributed by atoms with Crippen LogP contribution in [0.5, 0.6) is 5.75 Å². The summed E-state index contributed by atoms with van der Waals surface area (Å²) < 4.78 is 38.7. The Bertz CT molecular complexity index is 1170. The maximum Gasteiger partial charge on any atom is 0.264 e. The molecule has 1 heterocycles. The van der Waals surface area contributed by atoms with E-state index in [-0.39, 0.29) is 16.3 Å². The van der Waals surface area contributed by atoms with Crippen molar-refractivity contribution in [1.29, 1.82) is 0 Å². The summed E-state index contributed by atoms with van der Waals surface area (Å²) in [5.41, 5.74) is 1.11. The van der Waals surface area contributed by atoms with Crippen LogP contribution in [0.4, 0.5) is 5.69 Å². The molecule has 2 aromatic carbocycles. The fourth-order valence-electron chi connectivity index (χ4n) is 3.01. The highest BCUT2D eigenvalue weighted by molar-refractivity contribution is 7.98. The molecule has 176 valence electrons. The van der Waals surface area contributed by atoms with Gasteiger partial charge in [-0.25, -0.2) is 8.42 Å². The van der Waals surface area contributed by atoms with Crippen molar-refractivity contribution in [3.63, 3.8) is 0 Å². The van der Waals surface area contributed by atoms with Gasteiger partial charge in [0, 0.05) is 17.3 Å². The van der Waals surface area contributed by atoms with Crippen LogP contribution < -0.4 is 14.4 Å². The zero-order valence-corrected chi connectivity index (χ0v) is 20.7. The first-order chi connectivity index (χ1) is 15.8. The molecule has 3 aromatic rings. The van der Waals surface area contributed by atoms with E-state index in [2.05, 4.69) is 5.32 Å². The first kappa shape index (κ1) is 25.0. The number of carbonyl (C=O) groups excluding carboxylic acids is 1. The molecule has 0 unspecified atom stereocenters. The minimum Gasteiger partial charge on any atom is -0.495 e. The molecule has 3 rings (SSSR count). The summed E-state index contributed by atoms with van der Waals surface area (Å²) in [6, 6.07) is 14.8. The molecular weight excluding hydrogens is 484 g/mol. The highest BCUT2D eigenvalue weighted by atomic mass is 35.5. The summed E-state index contributed by atoms with van der Waals surface area (Å²) in [4.78, 5) is 12.8. The number of carbonyl (C=O) groups is 1. The molecule has 33 heavy (non-hydrogen) atoms. The van der Waals surface area contributed by atoms with Crippen LogP contribution in [-0.4, -0.2) is 40.3 Å². The average Bonchev–Trinajstić information content (AvgIpc) is 3.31. The summed E-state index contributed by atoms with van der Waals surface area (Å²) in [6.45, 7) is 1.83. The lowest BCUT2D eigenvalue weighted by atomic mass is 10.2. The Kier molecular flexibility index (Phi) is 8.71. The molecule has 0 aliphatic rings. The van der Waals surface area contributed by atoms with Gasteiger partial charge in [-0.2, -0.15) is 11.8 Å². The molecule has 0 saturated heterocycles. The van der Waals surface area contributed by atoms with Gasteiger partial charge in [-0.05, 0) is 49.4 Å². The molecule has 0 bridgehead atoms. The average molecular weight is 509 g/mol. The number of anilines is 1. The van der Waals surface area contributed by atoms with Crippen LogP contribution in [0, 0.1) is 6.92 Å².